The Balaban J connectivity index is 1.21. The number of carbonyl (C=O) groups excluding carboxylic acids is 2. The fraction of sp³-hybridized carbons (Fsp3) is 0.659. The largest absolute Gasteiger partial charge is 0.632 e. The van der Waals surface area contributed by atoms with E-state index >= 15 is 10.4 Å². The molecule has 2 unspecified atom stereocenters. The molecule has 2 saturated carbocycles. The van der Waals surface area contributed by atoms with Gasteiger partial charge in [0.1, 0.15) is 0 Å². The molecule has 2 aromatic rings. The normalized spacial score (nSPS) is 31.9. The van der Waals surface area contributed by atoms with Gasteiger partial charge < -0.3 is 30.3 Å². The van der Waals surface area contributed by atoms with E-state index < -0.39 is 21.4 Å². The maximum Gasteiger partial charge on any atom is 0.283 e. The van der Waals surface area contributed by atoms with Gasteiger partial charge in [-0.05, 0) is 87.5 Å². The lowest BCUT2D eigenvalue weighted by Crippen LogP contribution is -2.60. The van der Waals surface area contributed by atoms with Gasteiger partial charge in [0.15, 0.2) is 12.1 Å². The van der Waals surface area contributed by atoms with E-state index in [2.05, 4.69) is 76.4 Å². The molecular weight excluding hydrogens is 612 g/mol. The molecule has 0 bridgehead atoms. The summed E-state index contributed by atoms with van der Waals surface area (Å²) in [6.07, 6.45) is 10.6. The van der Waals surface area contributed by atoms with Crippen LogP contribution < -0.4 is 10.6 Å². The highest BCUT2D eigenvalue weighted by atomic mass is 16.6. The first-order chi connectivity index (χ1) is 23.5. The first kappa shape index (κ1) is 36.0. The summed E-state index contributed by atoms with van der Waals surface area (Å²) in [5, 5.41) is 36.6. The molecule has 0 spiro atoms. The molecule has 2 aromatic carbocycles. The fourth-order valence-electron chi connectivity index (χ4n) is 10.7. The number of likely N-dealkylation sites (tertiary alicyclic amines) is 2. The number of hydrogen-bond acceptors (Lipinski definition) is 4. The number of nitrogens with zero attached hydrogens (tertiary/aromatic N) is 2. The van der Waals surface area contributed by atoms with Gasteiger partial charge in [-0.25, -0.2) is 0 Å². The first-order valence-corrected chi connectivity index (χ1v) is 19.5. The van der Waals surface area contributed by atoms with Gasteiger partial charge in [-0.15, -0.1) is 0 Å². The van der Waals surface area contributed by atoms with Gasteiger partial charge >= 0.3 is 0 Å². The molecular formula is C41H60N4O4. The maximum atomic E-state index is 15.1. The van der Waals surface area contributed by atoms with Crippen molar-refractivity contribution >= 4 is 23.2 Å². The molecule has 49 heavy (non-hydrogen) atoms. The lowest BCUT2D eigenvalue weighted by molar-refractivity contribution is -0.926. The third-order valence-electron chi connectivity index (χ3n) is 13.0. The van der Waals surface area contributed by atoms with E-state index in [1.165, 1.54) is 11.1 Å². The number of rotatable bonds is 12. The number of quaternary nitrogens is 2. The molecule has 2 aliphatic carbocycles. The Bertz CT molecular complexity index is 1390. The van der Waals surface area contributed by atoms with Gasteiger partial charge in [0.25, 0.3) is 11.8 Å². The van der Waals surface area contributed by atoms with Gasteiger partial charge in [-0.1, -0.05) is 63.1 Å². The van der Waals surface area contributed by atoms with Gasteiger partial charge in [-0.3, -0.25) is 9.59 Å². The summed E-state index contributed by atoms with van der Waals surface area (Å²) >= 11 is 0. The smallest absolute Gasteiger partial charge is 0.283 e. The van der Waals surface area contributed by atoms with E-state index in [1.807, 2.05) is 0 Å². The summed E-state index contributed by atoms with van der Waals surface area (Å²) in [7, 11) is 0. The van der Waals surface area contributed by atoms with Gasteiger partial charge in [0.2, 0.25) is 0 Å². The number of aryl methyl sites for hydroxylation is 6. The van der Waals surface area contributed by atoms with E-state index in [4.69, 9.17) is 0 Å². The zero-order chi connectivity index (χ0) is 35.1. The van der Waals surface area contributed by atoms with Crippen LogP contribution in [0.25, 0.3) is 0 Å². The molecule has 268 valence electrons. The van der Waals surface area contributed by atoms with E-state index in [0.29, 0.717) is 19.3 Å². The zero-order valence-corrected chi connectivity index (χ0v) is 30.9. The second-order valence-corrected chi connectivity index (χ2v) is 15.8. The van der Waals surface area contributed by atoms with Crippen LogP contribution in [0.1, 0.15) is 119 Å². The number of amides is 2. The Morgan fingerprint density at radius 1 is 0.633 bits per heavy atom. The van der Waals surface area contributed by atoms with Crippen molar-refractivity contribution in [2.75, 3.05) is 23.7 Å². The van der Waals surface area contributed by atoms with Crippen LogP contribution in [0, 0.1) is 36.1 Å². The molecule has 4 fully saturated rings. The third kappa shape index (κ3) is 6.59. The molecule has 2 saturated heterocycles. The average Bonchev–Trinajstić information content (AvgIpc) is 3.86. The van der Waals surface area contributed by atoms with Crippen LogP contribution in [0.2, 0.25) is 0 Å². The minimum Gasteiger partial charge on any atom is -0.632 e. The molecule has 2 aliphatic heterocycles. The second-order valence-electron chi connectivity index (χ2n) is 15.8. The molecule has 8 atom stereocenters. The minimum atomic E-state index is -0.676. The molecule has 8 nitrogen and oxygen atoms in total. The predicted octanol–water partition coefficient (Wildman–Crippen LogP) is 8.03. The summed E-state index contributed by atoms with van der Waals surface area (Å²) < 4.78 is -1.06. The lowest BCUT2D eigenvalue weighted by Gasteiger charge is -2.51. The van der Waals surface area contributed by atoms with Crippen LogP contribution in [-0.4, -0.2) is 58.4 Å². The quantitative estimate of drug-likeness (QED) is 0.176. The number of hydroxylamine groups is 6. The van der Waals surface area contributed by atoms with E-state index in [0.717, 1.165) is 97.8 Å². The topological polar surface area (TPSA) is 104 Å². The van der Waals surface area contributed by atoms with Crippen LogP contribution in [0.4, 0.5) is 11.4 Å². The SMILES string of the molecule is CCc1cc(C)cc(CC)c1NC(=O)[C@@H]1C[C@@H]2CCC[C@@H]2[N+]1([O-])CCC[N+]1([O-])[C@H](C(=O)Nc2c(CC)cc(C)cc2CC)C[C@@H]2CCC[C@@H]21. The van der Waals surface area contributed by atoms with Gasteiger partial charge in [0, 0.05) is 55.3 Å². The number of hydrogen-bond donors (Lipinski definition) is 2. The number of anilines is 2. The van der Waals surface area contributed by atoms with E-state index in [9.17, 15) is 9.59 Å². The van der Waals surface area contributed by atoms with E-state index in [-0.39, 0.29) is 48.8 Å². The van der Waals surface area contributed by atoms with Crippen molar-refractivity contribution in [1.82, 2.24) is 0 Å². The molecule has 2 heterocycles. The number of benzene rings is 2. The Morgan fingerprint density at radius 2 is 0.980 bits per heavy atom. The molecule has 2 N–H and O–H groups in total. The maximum absolute atomic E-state index is 15.1. The third-order valence-corrected chi connectivity index (χ3v) is 13.0. The van der Waals surface area contributed by atoms with Crippen molar-refractivity contribution in [2.45, 2.75) is 149 Å². The van der Waals surface area contributed by atoms with Crippen molar-refractivity contribution < 1.29 is 18.9 Å². The summed E-state index contributed by atoms with van der Waals surface area (Å²) in [4.78, 5) is 28.2. The van der Waals surface area contributed by atoms with Crippen LogP contribution in [0.15, 0.2) is 24.3 Å². The molecule has 2 amide bonds. The lowest BCUT2D eigenvalue weighted by atomic mass is 9.98. The molecule has 0 aromatic heterocycles. The highest BCUT2D eigenvalue weighted by molar-refractivity contribution is 5.96. The van der Waals surface area contributed by atoms with Crippen molar-refractivity contribution in [1.29, 1.82) is 0 Å². The van der Waals surface area contributed by atoms with Crippen LogP contribution in [-0.2, 0) is 35.3 Å². The van der Waals surface area contributed by atoms with Crippen molar-refractivity contribution in [3.05, 3.63) is 68.1 Å². The Labute approximate surface area is 294 Å². The number of fused-ring (bicyclic) bond motifs is 2. The summed E-state index contributed by atoms with van der Waals surface area (Å²) in [6.45, 7) is 13.1. The molecule has 8 heteroatoms. The highest BCUT2D eigenvalue weighted by Crippen LogP contribution is 2.49. The monoisotopic (exact) mass is 672 g/mol. The van der Waals surface area contributed by atoms with E-state index in [1.54, 1.807) is 0 Å². The molecule has 0 radical (unpaired) electrons. The standard InChI is InChI=1S/C41H60N4O4/c1-7-28-20-26(5)21-29(8-2)38(28)42-40(46)36-24-32-14-11-16-34(32)44(36,48)18-13-19-45(49)35-17-12-15-33(35)25-37(45)41(47)43-39-30(9-3)22-27(6)23-31(39)10-4/h20-23,32-37H,7-19,24-25H2,1-6H3,(H,42,46)(H,43,47)/t32-,33-,34-,35-,36-,37-,44?,45?/m0/s1. The zero-order valence-electron chi connectivity index (χ0n) is 30.9. The first-order valence-electron chi connectivity index (χ1n) is 19.5. The highest BCUT2D eigenvalue weighted by Gasteiger charge is 2.57. The Hall–Kier alpha value is -2.78. The van der Waals surface area contributed by atoms with Crippen LogP contribution >= 0.6 is 0 Å². The molecule has 6 rings (SSSR count). The van der Waals surface area contributed by atoms with Crippen molar-refractivity contribution in [3.8, 4) is 0 Å². The van der Waals surface area contributed by atoms with Crippen molar-refractivity contribution in [2.24, 2.45) is 11.8 Å². The number of carbonyl (C=O) groups is 2. The van der Waals surface area contributed by atoms with Crippen LogP contribution in [0.5, 0.6) is 0 Å². The second kappa shape index (κ2) is 14.5. The molecule has 4 aliphatic rings. The van der Waals surface area contributed by atoms with Crippen molar-refractivity contribution in [3.63, 3.8) is 0 Å². The Kier molecular flexibility index (Phi) is 10.6. The minimum absolute atomic E-state index is 0.0940. The van der Waals surface area contributed by atoms with Gasteiger partial charge in [0.05, 0.1) is 25.2 Å². The summed E-state index contributed by atoms with van der Waals surface area (Å²) in [6, 6.07) is 7.01. The Morgan fingerprint density at radius 3 is 1.31 bits per heavy atom. The van der Waals surface area contributed by atoms with Gasteiger partial charge in [-0.2, -0.15) is 0 Å². The average molecular weight is 673 g/mol. The predicted molar refractivity (Wildman–Crippen MR) is 198 cm³/mol. The number of nitrogens with one attached hydrogen (secondary N) is 2. The van der Waals surface area contributed by atoms with Crippen LogP contribution in [0.3, 0.4) is 0 Å². The fourth-order valence-corrected chi connectivity index (χ4v) is 10.7. The summed E-state index contributed by atoms with van der Waals surface area (Å²) in [5.74, 6) is 0.152. The summed E-state index contributed by atoms with van der Waals surface area (Å²) in [5.41, 5.74) is 8.54.